The zero-order valence-electron chi connectivity index (χ0n) is 42.0. The van der Waals surface area contributed by atoms with E-state index in [9.17, 15) is 19.8 Å². The van der Waals surface area contributed by atoms with Crippen LogP contribution in [0.3, 0.4) is 0 Å². The molecule has 0 bridgehead atoms. The highest BCUT2D eigenvalue weighted by Gasteiger charge is 2.24. The minimum atomic E-state index is -0.783. The van der Waals surface area contributed by atoms with E-state index in [1.807, 2.05) is 0 Å². The van der Waals surface area contributed by atoms with Crippen LogP contribution in [0.1, 0.15) is 310 Å². The van der Waals surface area contributed by atoms with Crippen LogP contribution in [0.4, 0.5) is 0 Å². The molecule has 6 heteroatoms. The molecule has 0 fully saturated rings. The summed E-state index contributed by atoms with van der Waals surface area (Å²) < 4.78 is 5.94. The summed E-state index contributed by atoms with van der Waals surface area (Å²) in [5, 5.41) is 23.8. The molecule has 0 aromatic rings. The monoisotopic (exact) mass is 876 g/mol. The summed E-state index contributed by atoms with van der Waals surface area (Å²) in [6, 6.07) is -0.696. The second-order valence-corrected chi connectivity index (χ2v) is 19.3. The third-order valence-corrected chi connectivity index (χ3v) is 13.1. The molecular weight excluding hydrogens is 767 g/mol. The molecule has 0 aliphatic heterocycles. The average molecular weight is 876 g/mol. The normalized spacial score (nSPS) is 13.2. The largest absolute Gasteiger partial charge is 0.462 e. The van der Waals surface area contributed by atoms with Gasteiger partial charge in [-0.25, -0.2) is 0 Å². The fraction of sp³-hybridized carbons (Fsp3) is 0.929. The van der Waals surface area contributed by atoms with E-state index >= 15 is 0 Å². The molecule has 3 unspecified atom stereocenters. The molecule has 0 aromatic carbocycles. The zero-order chi connectivity index (χ0) is 45.2. The number of hydrogen-bond acceptors (Lipinski definition) is 5. The van der Waals surface area contributed by atoms with Gasteiger partial charge in [0.05, 0.1) is 25.2 Å². The van der Waals surface area contributed by atoms with Gasteiger partial charge in [0, 0.05) is 6.42 Å². The Hall–Kier alpha value is -1.40. The molecule has 0 aliphatic rings. The van der Waals surface area contributed by atoms with Crippen molar-refractivity contribution in [2.45, 2.75) is 328 Å². The highest BCUT2D eigenvalue weighted by Crippen LogP contribution is 2.19. The number of esters is 1. The first-order valence-electron chi connectivity index (χ1n) is 27.9. The molecule has 0 rings (SSSR count). The first kappa shape index (κ1) is 60.6. The number of nitrogens with one attached hydrogen (secondary N) is 1. The number of carbonyl (C=O) groups excluding carboxylic acids is 2. The molecular formula is C56H109NO5. The lowest BCUT2D eigenvalue weighted by Crippen LogP contribution is -2.46. The minimum absolute atomic E-state index is 0.0832. The maximum Gasteiger partial charge on any atom is 0.306 e. The van der Waals surface area contributed by atoms with E-state index in [2.05, 4.69) is 38.2 Å². The third kappa shape index (κ3) is 45.2. The molecule has 368 valence electrons. The van der Waals surface area contributed by atoms with Crippen molar-refractivity contribution < 1.29 is 24.5 Å². The molecule has 0 spiro atoms. The average Bonchev–Trinajstić information content (AvgIpc) is 3.26. The fourth-order valence-corrected chi connectivity index (χ4v) is 8.84. The van der Waals surface area contributed by atoms with Crippen molar-refractivity contribution in [3.05, 3.63) is 12.2 Å². The van der Waals surface area contributed by atoms with Crippen LogP contribution in [-0.4, -0.2) is 46.9 Å². The number of unbranched alkanes of at least 4 members (excludes halogenated alkanes) is 37. The van der Waals surface area contributed by atoms with Crippen molar-refractivity contribution in [2.24, 2.45) is 0 Å². The maximum atomic E-state index is 13.2. The van der Waals surface area contributed by atoms with Gasteiger partial charge in [0.1, 0.15) is 6.10 Å². The van der Waals surface area contributed by atoms with Crippen LogP contribution in [0.5, 0.6) is 0 Å². The topological polar surface area (TPSA) is 95.9 Å². The van der Waals surface area contributed by atoms with Crippen LogP contribution in [0.2, 0.25) is 0 Å². The SMILES string of the molecule is CCCCCC/C=C\CCCCCCCCCC(=O)OC(CCCCCCCCCCCCC)CC(=O)NC(CO)C(O)CCCCCCCCCCCCCCCCCCC. The first-order chi connectivity index (χ1) is 30.5. The van der Waals surface area contributed by atoms with Gasteiger partial charge in [-0.15, -0.1) is 0 Å². The number of carbonyl (C=O) groups is 2. The van der Waals surface area contributed by atoms with Gasteiger partial charge in [-0.2, -0.15) is 0 Å². The molecule has 0 radical (unpaired) electrons. The Kier molecular flexibility index (Phi) is 49.5. The van der Waals surface area contributed by atoms with Crippen LogP contribution in [0, 0.1) is 0 Å². The summed E-state index contributed by atoms with van der Waals surface area (Å²) in [7, 11) is 0. The molecule has 3 N–H and O–H groups in total. The molecule has 0 heterocycles. The summed E-state index contributed by atoms with van der Waals surface area (Å²) in [5.41, 5.74) is 0. The second kappa shape index (κ2) is 50.6. The lowest BCUT2D eigenvalue weighted by molar-refractivity contribution is -0.151. The molecule has 6 nitrogen and oxygen atoms in total. The summed E-state index contributed by atoms with van der Waals surface area (Å²) in [4.78, 5) is 26.2. The lowest BCUT2D eigenvalue weighted by atomic mass is 10.0. The standard InChI is InChI=1S/C56H109NO5/c1-4-7-10-13-16-19-22-24-26-27-29-30-33-36-39-42-45-48-54(59)53(51-58)57-55(60)50-52(47-44-41-38-35-32-21-18-15-12-9-6-3)62-56(61)49-46-43-40-37-34-31-28-25-23-20-17-14-11-8-5-2/h20,23,52-54,58-59H,4-19,21-22,24-51H2,1-3H3,(H,57,60)/b23-20-. The van der Waals surface area contributed by atoms with Gasteiger partial charge in [-0.05, 0) is 51.4 Å². The highest BCUT2D eigenvalue weighted by molar-refractivity contribution is 5.77. The van der Waals surface area contributed by atoms with Crippen molar-refractivity contribution in [1.82, 2.24) is 5.32 Å². The van der Waals surface area contributed by atoms with E-state index in [4.69, 9.17) is 4.74 Å². The summed E-state index contributed by atoms with van der Waals surface area (Å²) in [6.07, 6.45) is 57.0. The second-order valence-electron chi connectivity index (χ2n) is 19.3. The van der Waals surface area contributed by atoms with Crippen LogP contribution >= 0.6 is 0 Å². The van der Waals surface area contributed by atoms with Crippen LogP contribution in [-0.2, 0) is 14.3 Å². The Morgan fingerprint density at radius 2 is 0.774 bits per heavy atom. The Labute approximate surface area is 387 Å². The van der Waals surface area contributed by atoms with Crippen molar-refractivity contribution in [1.29, 1.82) is 0 Å². The van der Waals surface area contributed by atoms with Crippen molar-refractivity contribution in [3.8, 4) is 0 Å². The Bertz CT molecular complexity index is 939. The number of hydrogen-bond donors (Lipinski definition) is 3. The third-order valence-electron chi connectivity index (χ3n) is 13.1. The van der Waals surface area contributed by atoms with Gasteiger partial charge in [-0.1, -0.05) is 258 Å². The van der Waals surface area contributed by atoms with Gasteiger partial charge in [0.15, 0.2) is 0 Å². The van der Waals surface area contributed by atoms with E-state index in [-0.39, 0.29) is 24.9 Å². The molecule has 0 saturated carbocycles. The van der Waals surface area contributed by atoms with Crippen molar-refractivity contribution >= 4 is 11.9 Å². The summed E-state index contributed by atoms with van der Waals surface area (Å²) in [5.74, 6) is -0.459. The molecule has 0 aromatic heterocycles. The van der Waals surface area contributed by atoms with Crippen LogP contribution < -0.4 is 5.32 Å². The number of aliphatic hydroxyl groups excluding tert-OH is 2. The molecule has 3 atom stereocenters. The Balaban J connectivity index is 4.43. The molecule has 1 amide bonds. The number of rotatable bonds is 51. The van der Waals surface area contributed by atoms with Gasteiger partial charge >= 0.3 is 5.97 Å². The lowest BCUT2D eigenvalue weighted by Gasteiger charge is -2.24. The van der Waals surface area contributed by atoms with Crippen LogP contribution in [0.15, 0.2) is 12.2 Å². The summed E-state index contributed by atoms with van der Waals surface area (Å²) in [6.45, 7) is 6.50. The first-order valence-corrected chi connectivity index (χ1v) is 27.9. The highest BCUT2D eigenvalue weighted by atomic mass is 16.5. The van der Waals surface area contributed by atoms with Gasteiger partial charge in [0.2, 0.25) is 5.91 Å². The Morgan fingerprint density at radius 3 is 1.16 bits per heavy atom. The number of ether oxygens (including phenoxy) is 1. The summed E-state index contributed by atoms with van der Waals surface area (Å²) >= 11 is 0. The number of allylic oxidation sites excluding steroid dienone is 2. The fourth-order valence-electron chi connectivity index (χ4n) is 8.84. The number of aliphatic hydroxyl groups is 2. The minimum Gasteiger partial charge on any atom is -0.462 e. The predicted octanol–water partition coefficient (Wildman–Crippen LogP) is 16.9. The van der Waals surface area contributed by atoms with E-state index in [1.165, 1.54) is 218 Å². The number of amides is 1. The predicted molar refractivity (Wildman–Crippen MR) is 269 cm³/mol. The van der Waals surface area contributed by atoms with Gasteiger partial charge in [-0.3, -0.25) is 9.59 Å². The Morgan fingerprint density at radius 1 is 0.452 bits per heavy atom. The molecule has 0 saturated heterocycles. The van der Waals surface area contributed by atoms with Crippen molar-refractivity contribution in [3.63, 3.8) is 0 Å². The quantitative estimate of drug-likeness (QED) is 0.0321. The molecule has 62 heavy (non-hydrogen) atoms. The van der Waals surface area contributed by atoms with E-state index in [1.54, 1.807) is 0 Å². The maximum absolute atomic E-state index is 13.2. The zero-order valence-corrected chi connectivity index (χ0v) is 42.0. The molecule has 0 aliphatic carbocycles. The van der Waals surface area contributed by atoms with Gasteiger partial charge in [0.25, 0.3) is 0 Å². The van der Waals surface area contributed by atoms with E-state index in [0.29, 0.717) is 19.3 Å². The smallest absolute Gasteiger partial charge is 0.306 e. The van der Waals surface area contributed by atoms with Gasteiger partial charge < -0.3 is 20.3 Å². The van der Waals surface area contributed by atoms with E-state index < -0.39 is 18.2 Å². The van der Waals surface area contributed by atoms with E-state index in [0.717, 1.165) is 44.9 Å². The van der Waals surface area contributed by atoms with Crippen LogP contribution in [0.25, 0.3) is 0 Å². The van der Waals surface area contributed by atoms with Crippen molar-refractivity contribution in [2.75, 3.05) is 6.61 Å².